The van der Waals surface area contributed by atoms with Crippen LogP contribution in [0.2, 0.25) is 5.02 Å². The number of hydrogen-bond donors (Lipinski definition) is 2. The molecule has 2 aromatic rings. The molecule has 1 aromatic carbocycles. The van der Waals surface area contributed by atoms with Gasteiger partial charge in [0, 0.05) is 17.8 Å². The van der Waals surface area contributed by atoms with Gasteiger partial charge in [-0.05, 0) is 43.6 Å². The number of halogens is 1. The Kier molecular flexibility index (Phi) is 7.04. The molecule has 6 nitrogen and oxygen atoms in total. The Morgan fingerprint density at radius 3 is 2.70 bits per heavy atom. The van der Waals surface area contributed by atoms with Crippen molar-refractivity contribution in [3.8, 4) is 0 Å². The Bertz CT molecular complexity index is 738. The molecule has 3 rings (SSSR count). The van der Waals surface area contributed by atoms with E-state index in [4.69, 9.17) is 16.3 Å². The van der Waals surface area contributed by atoms with Crippen molar-refractivity contribution in [1.82, 2.24) is 15.2 Å². The monoisotopic (exact) mass is 389 g/mol. The fourth-order valence-corrected chi connectivity index (χ4v) is 3.34. The maximum Gasteiger partial charge on any atom is 0.407 e. The number of ether oxygens (including phenoxy) is 1. The van der Waals surface area contributed by atoms with Gasteiger partial charge in [-0.15, -0.1) is 0 Å². The Labute approximate surface area is 164 Å². The van der Waals surface area contributed by atoms with E-state index in [0.717, 1.165) is 31.5 Å². The van der Waals surface area contributed by atoms with Gasteiger partial charge in [0.2, 0.25) is 0 Å². The van der Waals surface area contributed by atoms with Crippen molar-refractivity contribution in [2.75, 3.05) is 19.6 Å². The van der Waals surface area contributed by atoms with Crippen LogP contribution in [0.15, 0.2) is 48.7 Å². The molecule has 2 N–H and O–H groups in total. The summed E-state index contributed by atoms with van der Waals surface area (Å²) in [4.78, 5) is 18.7. The van der Waals surface area contributed by atoms with Crippen molar-refractivity contribution in [2.45, 2.75) is 31.6 Å². The third-order valence-electron chi connectivity index (χ3n) is 4.60. The minimum absolute atomic E-state index is 0.175. The van der Waals surface area contributed by atoms with Crippen molar-refractivity contribution in [3.63, 3.8) is 0 Å². The smallest absolute Gasteiger partial charge is 0.407 e. The number of carbonyl (C=O) groups is 1. The van der Waals surface area contributed by atoms with Gasteiger partial charge in [0.1, 0.15) is 12.7 Å². The number of rotatable bonds is 7. The van der Waals surface area contributed by atoms with Crippen molar-refractivity contribution >= 4 is 17.7 Å². The molecule has 1 aliphatic heterocycles. The summed E-state index contributed by atoms with van der Waals surface area (Å²) in [5.74, 6) is 0. The lowest BCUT2D eigenvalue weighted by Gasteiger charge is -2.28. The molecule has 2 heterocycles. The topological polar surface area (TPSA) is 74.7 Å². The Morgan fingerprint density at radius 2 is 2.00 bits per heavy atom. The number of aromatic nitrogens is 1. The van der Waals surface area contributed by atoms with Crippen molar-refractivity contribution in [3.05, 3.63) is 64.9 Å². The predicted molar refractivity (Wildman–Crippen MR) is 103 cm³/mol. The van der Waals surface area contributed by atoms with E-state index in [1.165, 1.54) is 0 Å². The van der Waals surface area contributed by atoms with E-state index in [2.05, 4.69) is 15.2 Å². The zero-order valence-electron chi connectivity index (χ0n) is 15.1. The van der Waals surface area contributed by atoms with Crippen LogP contribution in [0, 0.1) is 0 Å². The fourth-order valence-electron chi connectivity index (χ4n) is 3.17. The molecule has 0 saturated carbocycles. The summed E-state index contributed by atoms with van der Waals surface area (Å²) in [7, 11) is 0. The van der Waals surface area contributed by atoms with Crippen LogP contribution in [-0.4, -0.2) is 46.8 Å². The van der Waals surface area contributed by atoms with E-state index >= 15 is 0 Å². The third kappa shape index (κ3) is 5.92. The molecule has 7 heteroatoms. The number of hydrogen-bond acceptors (Lipinski definition) is 5. The van der Waals surface area contributed by atoms with Gasteiger partial charge < -0.3 is 20.1 Å². The average molecular weight is 390 g/mol. The maximum absolute atomic E-state index is 12.3. The summed E-state index contributed by atoms with van der Waals surface area (Å²) in [6.07, 6.45) is 2.24. The first-order chi connectivity index (χ1) is 13.1. The Morgan fingerprint density at radius 1 is 1.26 bits per heavy atom. The lowest BCUT2D eigenvalue weighted by atomic mass is 10.1. The van der Waals surface area contributed by atoms with Gasteiger partial charge in [0.05, 0.1) is 11.7 Å². The fraction of sp³-hybridized carbons (Fsp3) is 0.400. The number of amides is 1. The van der Waals surface area contributed by atoms with Gasteiger partial charge in [0.15, 0.2) is 0 Å². The van der Waals surface area contributed by atoms with E-state index in [1.54, 1.807) is 18.3 Å². The number of aliphatic hydroxyl groups is 1. The SMILES string of the molecule is O=C(NC(CN1CCCC1)C(O)c1cc(Cl)ccn1)OCc1ccccc1. The van der Waals surface area contributed by atoms with E-state index in [1.807, 2.05) is 30.3 Å². The third-order valence-corrected chi connectivity index (χ3v) is 4.83. The number of aliphatic hydroxyl groups excluding tert-OH is 1. The highest BCUT2D eigenvalue weighted by Gasteiger charge is 2.28. The second-order valence-electron chi connectivity index (χ2n) is 6.66. The summed E-state index contributed by atoms with van der Waals surface area (Å²) in [6.45, 7) is 2.60. The number of carbonyl (C=O) groups excluding carboxylic acids is 1. The minimum Gasteiger partial charge on any atom is -0.445 e. The highest BCUT2D eigenvalue weighted by Crippen LogP contribution is 2.20. The molecular weight excluding hydrogens is 366 g/mol. The molecule has 1 saturated heterocycles. The molecule has 144 valence electrons. The van der Waals surface area contributed by atoms with Crippen molar-refractivity contribution in [1.29, 1.82) is 0 Å². The first-order valence-electron chi connectivity index (χ1n) is 9.11. The minimum atomic E-state index is -0.978. The maximum atomic E-state index is 12.3. The quantitative estimate of drug-likeness (QED) is 0.760. The standard InChI is InChI=1S/C20H24ClN3O3/c21-16-8-9-22-17(12-16)19(25)18(13-24-10-4-5-11-24)23-20(26)27-14-15-6-2-1-3-7-15/h1-3,6-9,12,18-19,25H,4-5,10-11,13-14H2,(H,23,26). The number of nitrogens with zero attached hydrogens (tertiary/aromatic N) is 2. The van der Waals surface area contributed by atoms with Crippen LogP contribution in [0.1, 0.15) is 30.2 Å². The predicted octanol–water partition coefficient (Wildman–Crippen LogP) is 3.16. The van der Waals surface area contributed by atoms with Crippen LogP contribution in [0.4, 0.5) is 4.79 Å². The number of likely N-dealkylation sites (tertiary alicyclic amines) is 1. The van der Waals surface area contributed by atoms with Gasteiger partial charge >= 0.3 is 6.09 Å². The molecule has 2 atom stereocenters. The lowest BCUT2D eigenvalue weighted by molar-refractivity contribution is 0.0860. The van der Waals surface area contributed by atoms with Gasteiger partial charge in [-0.2, -0.15) is 0 Å². The highest BCUT2D eigenvalue weighted by atomic mass is 35.5. The highest BCUT2D eigenvalue weighted by molar-refractivity contribution is 6.30. The normalized spacial score (nSPS) is 16.7. The molecule has 1 aliphatic rings. The van der Waals surface area contributed by atoms with E-state index in [0.29, 0.717) is 17.3 Å². The molecule has 27 heavy (non-hydrogen) atoms. The lowest BCUT2D eigenvalue weighted by Crippen LogP contribution is -2.47. The van der Waals surface area contributed by atoms with Gasteiger partial charge in [-0.3, -0.25) is 4.98 Å². The number of pyridine rings is 1. The Balaban J connectivity index is 1.64. The van der Waals surface area contributed by atoms with Crippen LogP contribution in [-0.2, 0) is 11.3 Å². The molecule has 0 radical (unpaired) electrons. The van der Waals surface area contributed by atoms with Crippen LogP contribution >= 0.6 is 11.6 Å². The van der Waals surface area contributed by atoms with Gasteiger partial charge in [0.25, 0.3) is 0 Å². The summed E-state index contributed by atoms with van der Waals surface area (Å²) >= 11 is 6.01. The zero-order chi connectivity index (χ0) is 19.1. The Hall–Kier alpha value is -2.15. The van der Waals surface area contributed by atoms with Gasteiger partial charge in [-0.25, -0.2) is 4.79 Å². The van der Waals surface area contributed by atoms with E-state index in [-0.39, 0.29) is 6.61 Å². The molecule has 0 aliphatic carbocycles. The summed E-state index contributed by atoms with van der Waals surface area (Å²) < 4.78 is 5.31. The molecule has 1 fully saturated rings. The number of benzene rings is 1. The summed E-state index contributed by atoms with van der Waals surface area (Å²) in [6, 6.07) is 12.2. The van der Waals surface area contributed by atoms with Crippen molar-refractivity contribution < 1.29 is 14.6 Å². The molecule has 1 amide bonds. The first-order valence-corrected chi connectivity index (χ1v) is 9.49. The first kappa shape index (κ1) is 19.6. The second-order valence-corrected chi connectivity index (χ2v) is 7.10. The van der Waals surface area contributed by atoms with Gasteiger partial charge in [-0.1, -0.05) is 41.9 Å². The molecule has 0 spiro atoms. The van der Waals surface area contributed by atoms with Crippen LogP contribution in [0.3, 0.4) is 0 Å². The summed E-state index contributed by atoms with van der Waals surface area (Å²) in [5.41, 5.74) is 1.33. The van der Waals surface area contributed by atoms with Crippen LogP contribution < -0.4 is 5.32 Å². The van der Waals surface area contributed by atoms with Crippen molar-refractivity contribution in [2.24, 2.45) is 0 Å². The van der Waals surface area contributed by atoms with E-state index < -0.39 is 18.2 Å². The average Bonchev–Trinajstić information content (AvgIpc) is 3.19. The van der Waals surface area contributed by atoms with Crippen LogP contribution in [0.5, 0.6) is 0 Å². The molecule has 0 bridgehead atoms. The summed E-state index contributed by atoms with van der Waals surface area (Å²) in [5, 5.41) is 14.1. The second kappa shape index (κ2) is 9.69. The number of nitrogens with one attached hydrogen (secondary N) is 1. The molecular formula is C20H24ClN3O3. The molecule has 2 unspecified atom stereocenters. The molecule has 1 aromatic heterocycles. The number of alkyl carbamates (subject to hydrolysis) is 1. The largest absolute Gasteiger partial charge is 0.445 e. The van der Waals surface area contributed by atoms with Crippen LogP contribution in [0.25, 0.3) is 0 Å². The van der Waals surface area contributed by atoms with E-state index in [9.17, 15) is 9.90 Å². The zero-order valence-corrected chi connectivity index (χ0v) is 15.8.